The van der Waals surface area contributed by atoms with Crippen LogP contribution in [0.1, 0.15) is 25.0 Å². The predicted octanol–water partition coefficient (Wildman–Crippen LogP) is 2.63. The molecule has 92 valence electrons. The molecule has 1 unspecified atom stereocenters. The van der Waals surface area contributed by atoms with Crippen LogP contribution < -0.4 is 0 Å². The Labute approximate surface area is 103 Å². The van der Waals surface area contributed by atoms with E-state index in [-0.39, 0.29) is 10.8 Å². The Kier molecular flexibility index (Phi) is 3.94. The molecule has 0 aromatic heterocycles. The van der Waals surface area contributed by atoms with E-state index in [4.69, 9.17) is 5.26 Å². The van der Waals surface area contributed by atoms with Crippen molar-refractivity contribution in [3.05, 3.63) is 29.3 Å². The maximum absolute atomic E-state index is 12.3. The number of nitriles is 1. The first-order valence-electron chi connectivity index (χ1n) is 5.51. The molecule has 0 spiro atoms. The van der Waals surface area contributed by atoms with Crippen molar-refractivity contribution in [3.63, 3.8) is 0 Å². The fourth-order valence-electron chi connectivity index (χ4n) is 1.83. The molecule has 1 aromatic rings. The summed E-state index contributed by atoms with van der Waals surface area (Å²) >= 11 is 0. The van der Waals surface area contributed by atoms with E-state index in [2.05, 4.69) is 0 Å². The highest BCUT2D eigenvalue weighted by atomic mass is 32.2. The average molecular weight is 251 g/mol. The van der Waals surface area contributed by atoms with E-state index in [1.165, 1.54) is 0 Å². The summed E-state index contributed by atoms with van der Waals surface area (Å²) in [5.74, 6) is -0.217. The van der Waals surface area contributed by atoms with Gasteiger partial charge in [-0.05, 0) is 31.4 Å². The molecule has 0 fully saturated rings. The molecule has 0 radical (unpaired) electrons. The van der Waals surface area contributed by atoms with Gasteiger partial charge in [-0.2, -0.15) is 5.26 Å². The first kappa shape index (κ1) is 13.7. The summed E-state index contributed by atoms with van der Waals surface area (Å²) in [6, 6.07) is 7.06. The van der Waals surface area contributed by atoms with E-state index >= 15 is 0 Å². The molecule has 1 rings (SSSR count). The zero-order valence-electron chi connectivity index (χ0n) is 10.6. The molecule has 0 bridgehead atoms. The van der Waals surface area contributed by atoms with Gasteiger partial charge >= 0.3 is 0 Å². The zero-order chi connectivity index (χ0) is 13.2. The normalized spacial score (nSPS) is 13.4. The van der Waals surface area contributed by atoms with E-state index in [1.807, 2.05) is 19.1 Å². The first-order chi connectivity index (χ1) is 7.80. The van der Waals surface area contributed by atoms with Gasteiger partial charge in [0, 0.05) is 0 Å². The van der Waals surface area contributed by atoms with Crippen LogP contribution in [-0.2, 0) is 9.84 Å². The monoisotopic (exact) mass is 251 g/mol. The number of hydrogen-bond donors (Lipinski definition) is 0. The van der Waals surface area contributed by atoms with Crippen LogP contribution >= 0.6 is 0 Å². The van der Waals surface area contributed by atoms with E-state index in [0.29, 0.717) is 5.56 Å². The van der Waals surface area contributed by atoms with Gasteiger partial charge in [0.2, 0.25) is 0 Å². The molecule has 0 aliphatic heterocycles. The topological polar surface area (TPSA) is 57.9 Å². The lowest BCUT2D eigenvalue weighted by Gasteiger charge is -2.15. The van der Waals surface area contributed by atoms with Gasteiger partial charge in [0.05, 0.1) is 11.0 Å². The molecule has 0 N–H and O–H groups in total. The molecule has 0 aliphatic carbocycles. The van der Waals surface area contributed by atoms with Gasteiger partial charge in [-0.3, -0.25) is 0 Å². The average Bonchev–Trinajstić information content (AvgIpc) is 2.16. The first-order valence-corrected chi connectivity index (χ1v) is 7.06. The zero-order valence-corrected chi connectivity index (χ0v) is 11.4. The quantitative estimate of drug-likeness (QED) is 0.829. The molecule has 0 aliphatic rings. The maximum atomic E-state index is 12.3. The minimum Gasteiger partial charge on any atom is -0.222 e. The highest BCUT2D eigenvalue weighted by Crippen LogP contribution is 2.24. The Morgan fingerprint density at radius 1 is 1.24 bits per heavy atom. The van der Waals surface area contributed by atoms with Gasteiger partial charge < -0.3 is 0 Å². The van der Waals surface area contributed by atoms with Crippen LogP contribution in [-0.4, -0.2) is 13.7 Å². The minimum atomic E-state index is -3.56. The van der Waals surface area contributed by atoms with Gasteiger partial charge in [0.15, 0.2) is 15.1 Å². The molecule has 1 atom stereocenters. The van der Waals surface area contributed by atoms with Gasteiger partial charge in [-0.15, -0.1) is 0 Å². The standard InChI is InChI=1S/C13H17NO2S/c1-9(2)13(8-14)17(15,16)12-6-5-10(3)7-11(12)4/h5-7,9,13H,1-4H3. The third-order valence-electron chi connectivity index (χ3n) is 2.70. The molecular weight excluding hydrogens is 234 g/mol. The summed E-state index contributed by atoms with van der Waals surface area (Å²) in [4.78, 5) is 0.267. The second kappa shape index (κ2) is 4.89. The number of rotatable bonds is 3. The van der Waals surface area contributed by atoms with E-state index in [9.17, 15) is 8.42 Å². The fraction of sp³-hybridized carbons (Fsp3) is 0.462. The van der Waals surface area contributed by atoms with Gasteiger partial charge in [-0.25, -0.2) is 8.42 Å². The van der Waals surface area contributed by atoms with Crippen molar-refractivity contribution < 1.29 is 8.42 Å². The molecule has 0 amide bonds. The Morgan fingerprint density at radius 3 is 2.24 bits per heavy atom. The van der Waals surface area contributed by atoms with E-state index < -0.39 is 15.1 Å². The van der Waals surface area contributed by atoms with Crippen molar-refractivity contribution in [1.29, 1.82) is 5.26 Å². The van der Waals surface area contributed by atoms with Gasteiger partial charge in [-0.1, -0.05) is 31.5 Å². The lowest BCUT2D eigenvalue weighted by atomic mass is 10.1. The molecule has 0 saturated heterocycles. The maximum Gasteiger partial charge on any atom is 0.195 e. The smallest absolute Gasteiger partial charge is 0.195 e. The minimum absolute atomic E-state index is 0.217. The molecule has 17 heavy (non-hydrogen) atoms. The molecule has 0 heterocycles. The largest absolute Gasteiger partial charge is 0.222 e. The molecule has 3 nitrogen and oxygen atoms in total. The van der Waals surface area contributed by atoms with Crippen LogP contribution in [0.15, 0.2) is 23.1 Å². The third kappa shape index (κ3) is 2.67. The highest BCUT2D eigenvalue weighted by molar-refractivity contribution is 7.92. The van der Waals surface area contributed by atoms with Crippen LogP contribution in [0, 0.1) is 31.1 Å². The van der Waals surface area contributed by atoms with Crippen LogP contribution in [0.3, 0.4) is 0 Å². The second-order valence-corrected chi connectivity index (χ2v) is 6.65. The number of hydrogen-bond acceptors (Lipinski definition) is 3. The van der Waals surface area contributed by atoms with Gasteiger partial charge in [0.1, 0.15) is 0 Å². The molecule has 4 heteroatoms. The Balaban J connectivity index is 3.37. The van der Waals surface area contributed by atoms with Crippen LogP contribution in [0.5, 0.6) is 0 Å². The molecule has 1 aromatic carbocycles. The lowest BCUT2D eigenvalue weighted by molar-refractivity contribution is 0.563. The number of nitrogens with zero attached hydrogens (tertiary/aromatic N) is 1. The van der Waals surface area contributed by atoms with Crippen molar-refractivity contribution in [2.24, 2.45) is 5.92 Å². The van der Waals surface area contributed by atoms with Gasteiger partial charge in [0.25, 0.3) is 0 Å². The lowest BCUT2D eigenvalue weighted by Crippen LogP contribution is -2.25. The van der Waals surface area contributed by atoms with Crippen LogP contribution in [0.4, 0.5) is 0 Å². The summed E-state index contributed by atoms with van der Waals surface area (Å²) in [6.07, 6.45) is 0. The Hall–Kier alpha value is -1.34. The van der Waals surface area contributed by atoms with Crippen LogP contribution in [0.25, 0.3) is 0 Å². The highest BCUT2D eigenvalue weighted by Gasteiger charge is 2.31. The van der Waals surface area contributed by atoms with Crippen molar-refractivity contribution in [2.75, 3.05) is 0 Å². The Morgan fingerprint density at radius 2 is 1.82 bits per heavy atom. The molecular formula is C13H17NO2S. The summed E-state index contributed by atoms with van der Waals surface area (Å²) < 4.78 is 24.6. The number of aryl methyl sites for hydroxylation is 2. The number of sulfone groups is 1. The summed E-state index contributed by atoms with van der Waals surface area (Å²) in [6.45, 7) is 7.16. The van der Waals surface area contributed by atoms with Crippen LogP contribution in [0.2, 0.25) is 0 Å². The summed E-state index contributed by atoms with van der Waals surface area (Å²) in [7, 11) is -3.56. The Bertz CT molecular complexity index is 553. The van der Waals surface area contributed by atoms with Crippen molar-refractivity contribution in [1.82, 2.24) is 0 Å². The van der Waals surface area contributed by atoms with E-state index in [0.717, 1.165) is 5.56 Å². The summed E-state index contributed by atoms with van der Waals surface area (Å²) in [5, 5.41) is 8.03. The fourth-order valence-corrected chi connectivity index (χ4v) is 3.73. The second-order valence-electron chi connectivity index (χ2n) is 4.61. The third-order valence-corrected chi connectivity index (χ3v) is 5.09. The van der Waals surface area contributed by atoms with Crippen molar-refractivity contribution in [3.8, 4) is 6.07 Å². The van der Waals surface area contributed by atoms with Crippen molar-refractivity contribution in [2.45, 2.75) is 37.8 Å². The van der Waals surface area contributed by atoms with Crippen molar-refractivity contribution >= 4 is 9.84 Å². The molecule has 0 saturated carbocycles. The van der Waals surface area contributed by atoms with E-state index in [1.54, 1.807) is 32.9 Å². The summed E-state index contributed by atoms with van der Waals surface area (Å²) in [5.41, 5.74) is 1.71. The SMILES string of the molecule is Cc1ccc(S(=O)(=O)C(C#N)C(C)C)c(C)c1. The number of benzene rings is 1. The predicted molar refractivity (Wildman–Crippen MR) is 67.3 cm³/mol.